The molecule has 5 rings (SSSR count). The first-order valence-corrected chi connectivity index (χ1v) is 11.6. The van der Waals surface area contributed by atoms with Crippen molar-refractivity contribution in [3.63, 3.8) is 0 Å². The van der Waals surface area contributed by atoms with Crippen LogP contribution in [0.5, 0.6) is 5.75 Å². The number of hydrogen-bond donors (Lipinski definition) is 1. The predicted octanol–water partition coefficient (Wildman–Crippen LogP) is 3.51. The molecule has 0 spiro atoms. The van der Waals surface area contributed by atoms with E-state index < -0.39 is 0 Å². The van der Waals surface area contributed by atoms with Crippen LogP contribution in [-0.4, -0.2) is 64.7 Å². The first kappa shape index (κ1) is 21.5. The van der Waals surface area contributed by atoms with Crippen LogP contribution in [0.4, 0.5) is 11.5 Å². The van der Waals surface area contributed by atoms with Gasteiger partial charge < -0.3 is 24.4 Å². The number of benzene rings is 1. The van der Waals surface area contributed by atoms with Crippen molar-refractivity contribution in [2.45, 2.75) is 32.4 Å². The average Bonchev–Trinajstić information content (AvgIpc) is 3.28. The highest BCUT2D eigenvalue weighted by Gasteiger charge is 2.21. The SMILES string of the molecule is C[C@@H]1CCCn2ccnc2-c2cccc(n2)NC(=O)c2cc(N3CCN(C)CC3)ccc2O1. The Morgan fingerprint density at radius 1 is 1.09 bits per heavy atom. The smallest absolute Gasteiger partial charge is 0.260 e. The molecule has 0 radical (unpaired) electrons. The van der Waals surface area contributed by atoms with Gasteiger partial charge in [-0.2, -0.15) is 0 Å². The van der Waals surface area contributed by atoms with Crippen molar-refractivity contribution in [1.29, 1.82) is 0 Å². The van der Waals surface area contributed by atoms with E-state index >= 15 is 0 Å². The fourth-order valence-corrected chi connectivity index (χ4v) is 4.42. The number of carbonyl (C=O) groups excluding carboxylic acids is 1. The highest BCUT2D eigenvalue weighted by atomic mass is 16.5. The lowest BCUT2D eigenvalue weighted by Gasteiger charge is -2.34. The van der Waals surface area contributed by atoms with Crippen molar-refractivity contribution in [3.05, 3.63) is 54.4 Å². The van der Waals surface area contributed by atoms with Crippen LogP contribution in [0, 0.1) is 0 Å². The number of likely N-dealkylation sites (N-methyl/N-ethyl adjacent to an activating group) is 1. The van der Waals surface area contributed by atoms with Gasteiger partial charge in [-0.1, -0.05) is 6.07 Å². The van der Waals surface area contributed by atoms with Crippen LogP contribution >= 0.6 is 0 Å². The average molecular weight is 447 g/mol. The van der Waals surface area contributed by atoms with E-state index in [1.54, 1.807) is 12.3 Å². The highest BCUT2D eigenvalue weighted by Crippen LogP contribution is 2.29. The standard InChI is InChI=1S/C25H30N6O2/c1-18-5-4-11-31-12-10-26-24(31)21-6-3-7-23(27-21)28-25(32)20-17-19(8-9-22(20)33-18)30-15-13-29(2)14-16-30/h3,6-10,12,17-18H,4-5,11,13-16H2,1-2H3,(H,27,28,32)/t18-/m1/s1. The summed E-state index contributed by atoms with van der Waals surface area (Å²) in [5.41, 5.74) is 2.31. The number of imidazole rings is 1. The normalized spacial score (nSPS) is 19.6. The van der Waals surface area contributed by atoms with Crippen LogP contribution < -0.4 is 15.0 Å². The molecular weight excluding hydrogens is 416 g/mol. The van der Waals surface area contributed by atoms with Crippen molar-refractivity contribution in [1.82, 2.24) is 19.4 Å². The lowest BCUT2D eigenvalue weighted by molar-refractivity contribution is 0.101. The number of nitrogens with one attached hydrogen (secondary N) is 1. The number of fused-ring (bicyclic) bond motifs is 5. The van der Waals surface area contributed by atoms with Crippen molar-refractivity contribution in [3.8, 4) is 17.3 Å². The molecule has 3 aromatic rings. The largest absolute Gasteiger partial charge is 0.490 e. The number of anilines is 2. The van der Waals surface area contributed by atoms with Crippen molar-refractivity contribution >= 4 is 17.4 Å². The zero-order valence-corrected chi connectivity index (χ0v) is 19.2. The lowest BCUT2D eigenvalue weighted by atomic mass is 10.1. The molecular formula is C25H30N6O2. The summed E-state index contributed by atoms with van der Waals surface area (Å²) in [5, 5.41) is 2.97. The van der Waals surface area contributed by atoms with Gasteiger partial charge in [0.15, 0.2) is 5.82 Å². The predicted molar refractivity (Wildman–Crippen MR) is 129 cm³/mol. The zero-order chi connectivity index (χ0) is 22.8. The van der Waals surface area contributed by atoms with E-state index in [4.69, 9.17) is 4.74 Å². The molecule has 0 unspecified atom stereocenters. The third-order valence-electron chi connectivity index (χ3n) is 6.35. The molecule has 2 aromatic heterocycles. The summed E-state index contributed by atoms with van der Waals surface area (Å²) in [7, 11) is 2.14. The van der Waals surface area contributed by atoms with Crippen molar-refractivity contribution in [2.24, 2.45) is 0 Å². The van der Waals surface area contributed by atoms with Crippen molar-refractivity contribution in [2.75, 3.05) is 43.4 Å². The molecule has 1 atom stereocenters. The fraction of sp³-hybridized carbons (Fsp3) is 0.400. The minimum Gasteiger partial charge on any atom is -0.490 e. The number of rotatable bonds is 1. The number of pyridine rings is 1. The van der Waals surface area contributed by atoms with Crippen LogP contribution in [0.15, 0.2) is 48.8 Å². The van der Waals surface area contributed by atoms with Gasteiger partial charge in [-0.15, -0.1) is 0 Å². The molecule has 0 aliphatic carbocycles. The molecule has 1 fully saturated rings. The van der Waals surface area contributed by atoms with Crippen molar-refractivity contribution < 1.29 is 9.53 Å². The van der Waals surface area contributed by atoms with E-state index in [0.717, 1.165) is 62.8 Å². The van der Waals surface area contributed by atoms with Gasteiger partial charge in [0.2, 0.25) is 0 Å². The molecule has 2 aliphatic heterocycles. The van der Waals surface area contributed by atoms with Gasteiger partial charge >= 0.3 is 0 Å². The Morgan fingerprint density at radius 3 is 2.79 bits per heavy atom. The molecule has 33 heavy (non-hydrogen) atoms. The van der Waals surface area contributed by atoms with E-state index in [0.29, 0.717) is 17.1 Å². The number of carbonyl (C=O) groups is 1. The second kappa shape index (κ2) is 9.23. The Morgan fingerprint density at radius 2 is 1.94 bits per heavy atom. The summed E-state index contributed by atoms with van der Waals surface area (Å²) in [6.45, 7) is 6.76. The third-order valence-corrected chi connectivity index (χ3v) is 6.35. The number of aromatic nitrogens is 3. The van der Waals surface area contributed by atoms with Gasteiger partial charge in [0, 0.05) is 50.8 Å². The minimum absolute atomic E-state index is 0.0168. The summed E-state index contributed by atoms with van der Waals surface area (Å²) in [6, 6.07) is 11.6. The molecule has 1 N–H and O–H groups in total. The molecule has 172 valence electrons. The zero-order valence-electron chi connectivity index (χ0n) is 19.2. The number of hydrogen-bond acceptors (Lipinski definition) is 6. The second-order valence-corrected chi connectivity index (χ2v) is 8.85. The maximum atomic E-state index is 13.4. The molecule has 1 aromatic carbocycles. The molecule has 4 heterocycles. The minimum atomic E-state index is -0.224. The summed E-state index contributed by atoms with van der Waals surface area (Å²) < 4.78 is 8.36. The van der Waals surface area contributed by atoms with Gasteiger partial charge in [-0.25, -0.2) is 9.97 Å². The van der Waals surface area contributed by atoms with Crippen LogP contribution in [0.25, 0.3) is 11.5 Å². The van der Waals surface area contributed by atoms with Gasteiger partial charge in [0.25, 0.3) is 5.91 Å². The molecule has 2 aliphatic rings. The highest BCUT2D eigenvalue weighted by molar-refractivity contribution is 6.06. The Hall–Kier alpha value is -3.39. The van der Waals surface area contributed by atoms with E-state index in [-0.39, 0.29) is 12.0 Å². The molecule has 1 amide bonds. The van der Waals surface area contributed by atoms with Gasteiger partial charge in [0.05, 0.1) is 11.7 Å². The van der Waals surface area contributed by atoms with E-state index in [1.165, 1.54) is 0 Å². The number of ether oxygens (including phenoxy) is 1. The van der Waals surface area contributed by atoms with Crippen LogP contribution in [0.1, 0.15) is 30.1 Å². The quantitative estimate of drug-likeness (QED) is 0.617. The Labute approximate surface area is 194 Å². The summed E-state index contributed by atoms with van der Waals surface area (Å²) in [6.07, 6.45) is 5.54. The van der Waals surface area contributed by atoms with Crippen LogP contribution in [-0.2, 0) is 6.54 Å². The van der Waals surface area contributed by atoms with Gasteiger partial charge in [0.1, 0.15) is 17.3 Å². The fourth-order valence-electron chi connectivity index (χ4n) is 4.42. The maximum Gasteiger partial charge on any atom is 0.260 e. The first-order valence-electron chi connectivity index (χ1n) is 11.6. The summed E-state index contributed by atoms with van der Waals surface area (Å²) >= 11 is 0. The molecule has 1 saturated heterocycles. The lowest BCUT2D eigenvalue weighted by Crippen LogP contribution is -2.44. The Kier molecular flexibility index (Phi) is 6.00. The molecule has 2 bridgehead atoms. The molecule has 0 saturated carbocycles. The molecule has 8 nitrogen and oxygen atoms in total. The van der Waals surface area contributed by atoms with E-state index in [1.807, 2.05) is 30.5 Å². The maximum absolute atomic E-state index is 13.4. The van der Waals surface area contributed by atoms with E-state index in [2.05, 4.69) is 49.7 Å². The third kappa shape index (κ3) is 4.71. The number of amides is 1. The Balaban J connectivity index is 1.50. The Bertz CT molecular complexity index is 1140. The second-order valence-electron chi connectivity index (χ2n) is 8.85. The number of piperazine rings is 1. The van der Waals surface area contributed by atoms with Crippen LogP contribution in [0.3, 0.4) is 0 Å². The number of aryl methyl sites for hydroxylation is 1. The number of nitrogens with zero attached hydrogens (tertiary/aromatic N) is 5. The topological polar surface area (TPSA) is 75.5 Å². The van der Waals surface area contributed by atoms with Gasteiger partial charge in [-0.05, 0) is 57.1 Å². The monoisotopic (exact) mass is 446 g/mol. The van der Waals surface area contributed by atoms with Crippen LogP contribution in [0.2, 0.25) is 0 Å². The summed E-state index contributed by atoms with van der Waals surface area (Å²) in [5.74, 6) is 1.68. The van der Waals surface area contributed by atoms with E-state index in [9.17, 15) is 4.79 Å². The molecule has 8 heteroatoms. The first-order chi connectivity index (χ1) is 16.1. The summed E-state index contributed by atoms with van der Waals surface area (Å²) in [4.78, 5) is 27.2. The van der Waals surface area contributed by atoms with Gasteiger partial charge in [-0.3, -0.25) is 4.79 Å².